The van der Waals surface area contributed by atoms with Gasteiger partial charge in [0, 0.05) is 24.9 Å². The summed E-state index contributed by atoms with van der Waals surface area (Å²) in [5.74, 6) is 0.668. The molecule has 0 fully saturated rings. The molecule has 6 nitrogen and oxygen atoms in total. The van der Waals surface area contributed by atoms with Crippen LogP contribution in [0.15, 0.2) is 30.0 Å². The van der Waals surface area contributed by atoms with E-state index in [1.807, 2.05) is 36.3 Å². The number of allylic oxidation sites excluding steroid dienone is 2. The number of nitrogen functional groups attached to an aromatic ring is 1. The van der Waals surface area contributed by atoms with Crippen LogP contribution in [0.3, 0.4) is 0 Å². The number of nitrogens with one attached hydrogen (secondary N) is 2. The third-order valence-corrected chi connectivity index (χ3v) is 6.40. The molecule has 1 aliphatic heterocycles. The fraction of sp³-hybridized carbons (Fsp3) is 0.350. The quantitative estimate of drug-likeness (QED) is 0.752. The molecule has 0 saturated carbocycles. The molecule has 1 aromatic carbocycles. The summed E-state index contributed by atoms with van der Waals surface area (Å²) < 4.78 is 5.16. The second-order valence-electron chi connectivity index (χ2n) is 6.89. The van der Waals surface area contributed by atoms with Crippen LogP contribution in [-0.2, 0) is 6.54 Å². The van der Waals surface area contributed by atoms with Gasteiger partial charge in [-0.3, -0.25) is 9.80 Å². The van der Waals surface area contributed by atoms with E-state index in [1.165, 1.54) is 29.0 Å². The lowest BCUT2D eigenvalue weighted by Gasteiger charge is -2.33. The van der Waals surface area contributed by atoms with E-state index in [9.17, 15) is 4.79 Å². The Bertz CT molecular complexity index is 901. The van der Waals surface area contributed by atoms with Gasteiger partial charge in [-0.25, -0.2) is 0 Å². The van der Waals surface area contributed by atoms with Crippen molar-refractivity contribution in [1.82, 2.24) is 10.7 Å². The Morgan fingerprint density at radius 1 is 1.30 bits per heavy atom. The number of hydrazine groups is 1. The van der Waals surface area contributed by atoms with Gasteiger partial charge in [-0.1, -0.05) is 12.1 Å². The molecule has 0 spiro atoms. The molecule has 0 bridgehead atoms. The van der Waals surface area contributed by atoms with Gasteiger partial charge in [0.2, 0.25) is 0 Å². The minimum Gasteiger partial charge on any atom is -0.497 e. The number of thiophene rings is 1. The molecule has 0 unspecified atom stereocenters. The van der Waals surface area contributed by atoms with Crippen LogP contribution in [0, 0.1) is 0 Å². The van der Waals surface area contributed by atoms with Crippen molar-refractivity contribution in [1.29, 1.82) is 0 Å². The van der Waals surface area contributed by atoms with Gasteiger partial charge in [-0.2, -0.15) is 0 Å². The van der Waals surface area contributed by atoms with Gasteiger partial charge in [-0.05, 0) is 49.0 Å². The molecule has 0 radical (unpaired) electrons. The maximum Gasteiger partial charge on any atom is 0.263 e. The molecular formula is C20H24N4O2S. The van der Waals surface area contributed by atoms with Crippen molar-refractivity contribution in [2.24, 2.45) is 0 Å². The standard InChI is InChI=1S/C20H24N4O2S/c1-24-20-16(14-5-3-4-6-15(14)23-24)17(21)18(27-20)19(25)22-11-12-7-9-13(26-2)10-8-12/h7-10,23H,3-6,11,21H2,1-2H3,(H,22,25). The fourth-order valence-electron chi connectivity index (χ4n) is 3.69. The summed E-state index contributed by atoms with van der Waals surface area (Å²) >= 11 is 1.45. The van der Waals surface area contributed by atoms with Gasteiger partial charge in [-0.15, -0.1) is 11.3 Å². The van der Waals surface area contributed by atoms with Crippen molar-refractivity contribution in [3.63, 3.8) is 0 Å². The molecule has 4 N–H and O–H groups in total. The maximum atomic E-state index is 12.8. The number of amides is 1. The zero-order valence-corrected chi connectivity index (χ0v) is 16.4. The molecule has 0 atom stereocenters. The number of nitrogens with two attached hydrogens (primary N) is 1. The van der Waals surface area contributed by atoms with Crippen molar-refractivity contribution in [2.75, 3.05) is 24.9 Å². The Labute approximate surface area is 163 Å². The van der Waals surface area contributed by atoms with E-state index in [0.717, 1.165) is 41.1 Å². The lowest BCUT2D eigenvalue weighted by Crippen LogP contribution is -2.37. The average molecular weight is 385 g/mol. The molecule has 0 saturated heterocycles. The van der Waals surface area contributed by atoms with E-state index >= 15 is 0 Å². The summed E-state index contributed by atoms with van der Waals surface area (Å²) in [6.45, 7) is 0.451. The normalized spacial score (nSPS) is 15.7. The zero-order valence-electron chi connectivity index (χ0n) is 15.6. The second kappa shape index (κ2) is 7.15. The molecule has 27 heavy (non-hydrogen) atoms. The lowest BCUT2D eigenvalue weighted by atomic mass is 9.90. The highest BCUT2D eigenvalue weighted by Crippen LogP contribution is 2.48. The van der Waals surface area contributed by atoms with Crippen LogP contribution in [0.25, 0.3) is 5.57 Å². The second-order valence-corrected chi connectivity index (χ2v) is 7.89. The number of hydrogen-bond acceptors (Lipinski definition) is 6. The van der Waals surface area contributed by atoms with Gasteiger partial charge >= 0.3 is 0 Å². The Morgan fingerprint density at radius 2 is 2.04 bits per heavy atom. The predicted octanol–water partition coefficient (Wildman–Crippen LogP) is 3.51. The molecule has 1 aromatic heterocycles. The van der Waals surface area contributed by atoms with E-state index in [4.69, 9.17) is 10.5 Å². The Kier molecular flexibility index (Phi) is 4.70. The summed E-state index contributed by atoms with van der Waals surface area (Å²) in [5.41, 5.74) is 15.1. The van der Waals surface area contributed by atoms with Crippen molar-refractivity contribution in [3.05, 3.63) is 46.0 Å². The molecule has 4 rings (SSSR count). The van der Waals surface area contributed by atoms with E-state index in [0.29, 0.717) is 17.1 Å². The van der Waals surface area contributed by atoms with Crippen LogP contribution < -0.4 is 26.2 Å². The first kappa shape index (κ1) is 17.7. The first-order chi connectivity index (χ1) is 13.1. The van der Waals surface area contributed by atoms with Crippen LogP contribution in [-0.4, -0.2) is 20.1 Å². The minimum atomic E-state index is -0.130. The van der Waals surface area contributed by atoms with Crippen LogP contribution in [0.2, 0.25) is 0 Å². The molecular weight excluding hydrogens is 360 g/mol. The highest BCUT2D eigenvalue weighted by atomic mass is 32.1. The number of benzene rings is 1. The van der Waals surface area contributed by atoms with Crippen molar-refractivity contribution in [3.8, 4) is 5.75 Å². The number of methoxy groups -OCH3 is 1. The molecule has 2 aromatic rings. The molecule has 2 aliphatic rings. The summed E-state index contributed by atoms with van der Waals surface area (Å²) in [5, 5.41) is 5.99. The number of carbonyl (C=O) groups excluding carboxylic acids is 1. The number of anilines is 2. The summed E-state index contributed by atoms with van der Waals surface area (Å²) in [6, 6.07) is 7.66. The minimum absolute atomic E-state index is 0.130. The Hall–Kier alpha value is -2.67. The van der Waals surface area contributed by atoms with Gasteiger partial charge < -0.3 is 21.2 Å². The lowest BCUT2D eigenvalue weighted by molar-refractivity contribution is 0.0956. The summed E-state index contributed by atoms with van der Waals surface area (Å²) in [7, 11) is 3.61. The van der Waals surface area contributed by atoms with E-state index in [-0.39, 0.29) is 5.91 Å². The van der Waals surface area contributed by atoms with E-state index in [2.05, 4.69) is 10.7 Å². The highest BCUT2D eigenvalue weighted by Gasteiger charge is 2.31. The number of ether oxygens (including phenoxy) is 1. The van der Waals surface area contributed by atoms with Crippen molar-refractivity contribution < 1.29 is 9.53 Å². The number of carbonyl (C=O) groups is 1. The Morgan fingerprint density at radius 3 is 2.78 bits per heavy atom. The van der Waals surface area contributed by atoms with Crippen LogP contribution in [0.5, 0.6) is 5.75 Å². The molecule has 1 amide bonds. The van der Waals surface area contributed by atoms with Gasteiger partial charge in [0.05, 0.1) is 12.8 Å². The fourth-order valence-corrected chi connectivity index (χ4v) is 4.78. The van der Waals surface area contributed by atoms with E-state index in [1.54, 1.807) is 7.11 Å². The van der Waals surface area contributed by atoms with Gasteiger partial charge in [0.1, 0.15) is 15.6 Å². The highest BCUT2D eigenvalue weighted by molar-refractivity contribution is 7.19. The molecule has 1 aliphatic carbocycles. The van der Waals surface area contributed by atoms with Gasteiger partial charge in [0.15, 0.2) is 0 Å². The van der Waals surface area contributed by atoms with Crippen molar-refractivity contribution >= 4 is 33.5 Å². The van der Waals surface area contributed by atoms with Crippen LogP contribution >= 0.6 is 11.3 Å². The van der Waals surface area contributed by atoms with Gasteiger partial charge in [0.25, 0.3) is 5.91 Å². The van der Waals surface area contributed by atoms with E-state index < -0.39 is 0 Å². The van der Waals surface area contributed by atoms with Crippen LogP contribution in [0.1, 0.15) is 46.5 Å². The molecule has 2 heterocycles. The summed E-state index contributed by atoms with van der Waals surface area (Å²) in [6.07, 6.45) is 4.40. The molecule has 7 heteroatoms. The first-order valence-corrected chi connectivity index (χ1v) is 9.96. The predicted molar refractivity (Wildman–Crippen MR) is 110 cm³/mol. The first-order valence-electron chi connectivity index (χ1n) is 9.14. The largest absolute Gasteiger partial charge is 0.497 e. The average Bonchev–Trinajstić information content (AvgIpc) is 3.05. The zero-order chi connectivity index (χ0) is 19.0. The Balaban J connectivity index is 1.56. The maximum absolute atomic E-state index is 12.8. The third-order valence-electron chi connectivity index (χ3n) is 5.12. The number of nitrogens with zero attached hydrogens (tertiary/aromatic N) is 1. The number of fused-ring (bicyclic) bond motifs is 2. The third kappa shape index (κ3) is 3.23. The number of hydrogen-bond donors (Lipinski definition) is 3. The van der Waals surface area contributed by atoms with Crippen molar-refractivity contribution in [2.45, 2.75) is 32.2 Å². The monoisotopic (exact) mass is 384 g/mol. The number of rotatable bonds is 4. The topological polar surface area (TPSA) is 79.6 Å². The smallest absolute Gasteiger partial charge is 0.263 e. The summed E-state index contributed by atoms with van der Waals surface area (Å²) in [4.78, 5) is 13.4. The van der Waals surface area contributed by atoms with Crippen LogP contribution in [0.4, 0.5) is 10.7 Å². The SMILES string of the molecule is COc1ccc(CNC(=O)c2sc3c(c2N)C2=C(CCCC2)NN3C)cc1. The molecule has 142 valence electrons.